The van der Waals surface area contributed by atoms with Crippen LogP contribution in [0.3, 0.4) is 0 Å². The van der Waals surface area contributed by atoms with Crippen molar-refractivity contribution in [2.45, 2.75) is 39.7 Å². The van der Waals surface area contributed by atoms with E-state index in [9.17, 15) is 14.7 Å². The van der Waals surface area contributed by atoms with Crippen LogP contribution in [0.5, 0.6) is 0 Å². The molecule has 2 N–H and O–H groups in total. The Labute approximate surface area is 131 Å². The van der Waals surface area contributed by atoms with E-state index >= 15 is 0 Å². The predicted octanol–water partition coefficient (Wildman–Crippen LogP) is 3.21. The summed E-state index contributed by atoms with van der Waals surface area (Å²) < 4.78 is 4.86. The number of ketones is 1. The standard InChI is InChI=1S/C17H23NO4/c1-5-8-15(20)13-9-7-10-14(16(13)12(4)19)18-11(3)17(21)22-6-2/h7,9-10,12,18-19H,3,5-6,8H2,1-2,4H3. The van der Waals surface area contributed by atoms with E-state index in [1.165, 1.54) is 0 Å². The quantitative estimate of drug-likeness (QED) is 0.438. The second kappa shape index (κ2) is 8.34. The molecular formula is C17H23NO4. The van der Waals surface area contributed by atoms with Crippen LogP contribution in [0.4, 0.5) is 5.69 Å². The van der Waals surface area contributed by atoms with E-state index in [2.05, 4.69) is 11.9 Å². The molecule has 0 aliphatic heterocycles. The fourth-order valence-electron chi connectivity index (χ4n) is 2.16. The van der Waals surface area contributed by atoms with Gasteiger partial charge in [0.25, 0.3) is 0 Å². The van der Waals surface area contributed by atoms with Gasteiger partial charge in [-0.2, -0.15) is 0 Å². The average Bonchev–Trinajstić information content (AvgIpc) is 2.47. The van der Waals surface area contributed by atoms with Crippen molar-refractivity contribution in [1.29, 1.82) is 0 Å². The Bertz CT molecular complexity index is 564. The molecular weight excluding hydrogens is 282 g/mol. The average molecular weight is 305 g/mol. The minimum Gasteiger partial charge on any atom is -0.461 e. The summed E-state index contributed by atoms with van der Waals surface area (Å²) in [6.45, 7) is 9.08. The van der Waals surface area contributed by atoms with Crippen molar-refractivity contribution < 1.29 is 19.4 Å². The van der Waals surface area contributed by atoms with Gasteiger partial charge in [0, 0.05) is 23.2 Å². The van der Waals surface area contributed by atoms with Crippen LogP contribution in [0.15, 0.2) is 30.5 Å². The SMILES string of the molecule is C=C(Nc1cccc(C(=O)CCC)c1C(C)O)C(=O)OCC. The topological polar surface area (TPSA) is 75.6 Å². The third kappa shape index (κ3) is 4.43. The van der Waals surface area contributed by atoms with Crippen molar-refractivity contribution in [3.63, 3.8) is 0 Å². The number of ether oxygens (including phenoxy) is 1. The van der Waals surface area contributed by atoms with Crippen LogP contribution in [-0.2, 0) is 9.53 Å². The lowest BCUT2D eigenvalue weighted by atomic mass is 9.95. The molecule has 0 bridgehead atoms. The largest absolute Gasteiger partial charge is 0.461 e. The molecule has 1 unspecified atom stereocenters. The Morgan fingerprint density at radius 1 is 1.36 bits per heavy atom. The highest BCUT2D eigenvalue weighted by Crippen LogP contribution is 2.29. The van der Waals surface area contributed by atoms with Gasteiger partial charge in [-0.3, -0.25) is 4.79 Å². The van der Waals surface area contributed by atoms with Crippen molar-refractivity contribution >= 4 is 17.4 Å². The molecule has 22 heavy (non-hydrogen) atoms. The van der Waals surface area contributed by atoms with Crippen LogP contribution in [0.25, 0.3) is 0 Å². The maximum absolute atomic E-state index is 12.2. The Kier molecular flexibility index (Phi) is 6.79. The molecule has 0 saturated carbocycles. The van der Waals surface area contributed by atoms with Crippen LogP contribution in [0.1, 0.15) is 55.6 Å². The molecule has 1 aromatic carbocycles. The maximum atomic E-state index is 12.2. The highest BCUT2D eigenvalue weighted by atomic mass is 16.5. The zero-order chi connectivity index (χ0) is 16.7. The summed E-state index contributed by atoms with van der Waals surface area (Å²) in [6, 6.07) is 5.07. The zero-order valence-corrected chi connectivity index (χ0v) is 13.3. The Balaban J connectivity index is 3.14. The molecule has 5 nitrogen and oxygen atoms in total. The lowest BCUT2D eigenvalue weighted by molar-refractivity contribution is -0.138. The lowest BCUT2D eigenvalue weighted by Crippen LogP contribution is -2.16. The van der Waals surface area contributed by atoms with E-state index in [1.807, 2.05) is 6.92 Å². The highest BCUT2D eigenvalue weighted by Gasteiger charge is 2.19. The molecule has 1 atom stereocenters. The summed E-state index contributed by atoms with van der Waals surface area (Å²) in [6.07, 6.45) is 0.280. The van der Waals surface area contributed by atoms with Crippen molar-refractivity contribution in [3.8, 4) is 0 Å². The minimum absolute atomic E-state index is 0.0382. The lowest BCUT2D eigenvalue weighted by Gasteiger charge is -2.18. The number of rotatable bonds is 8. The summed E-state index contributed by atoms with van der Waals surface area (Å²) in [5.41, 5.74) is 1.46. The minimum atomic E-state index is -0.852. The van der Waals surface area contributed by atoms with Gasteiger partial charge in [-0.25, -0.2) is 4.79 Å². The fourth-order valence-corrected chi connectivity index (χ4v) is 2.16. The molecule has 120 valence electrons. The fraction of sp³-hybridized carbons (Fsp3) is 0.412. The van der Waals surface area contributed by atoms with Crippen molar-refractivity contribution in [2.75, 3.05) is 11.9 Å². The Morgan fingerprint density at radius 3 is 2.59 bits per heavy atom. The third-order valence-corrected chi connectivity index (χ3v) is 3.11. The van der Waals surface area contributed by atoms with Crippen LogP contribution in [0.2, 0.25) is 0 Å². The normalized spacial score (nSPS) is 11.6. The number of carbonyl (C=O) groups is 2. The van der Waals surface area contributed by atoms with Crippen molar-refractivity contribution in [2.24, 2.45) is 0 Å². The summed E-state index contributed by atoms with van der Waals surface area (Å²) >= 11 is 0. The van der Waals surface area contributed by atoms with Crippen LogP contribution >= 0.6 is 0 Å². The number of benzene rings is 1. The first-order valence-corrected chi connectivity index (χ1v) is 7.39. The molecule has 0 fully saturated rings. The number of hydrogen-bond donors (Lipinski definition) is 2. The summed E-state index contributed by atoms with van der Waals surface area (Å²) in [5, 5.41) is 12.9. The van der Waals surface area contributed by atoms with E-state index in [-0.39, 0.29) is 18.1 Å². The van der Waals surface area contributed by atoms with Crippen LogP contribution < -0.4 is 5.32 Å². The monoisotopic (exact) mass is 305 g/mol. The number of esters is 1. The molecule has 0 aromatic heterocycles. The van der Waals surface area contributed by atoms with Gasteiger partial charge in [-0.15, -0.1) is 0 Å². The number of carbonyl (C=O) groups excluding carboxylic acids is 2. The predicted molar refractivity (Wildman–Crippen MR) is 85.7 cm³/mol. The number of anilines is 1. The first-order chi connectivity index (χ1) is 10.4. The van der Waals surface area contributed by atoms with Gasteiger partial charge in [0.2, 0.25) is 0 Å². The second-order valence-electron chi connectivity index (χ2n) is 4.94. The van der Waals surface area contributed by atoms with E-state index in [0.29, 0.717) is 23.2 Å². The smallest absolute Gasteiger partial charge is 0.354 e. The molecule has 0 aliphatic carbocycles. The molecule has 0 saturated heterocycles. The van der Waals surface area contributed by atoms with Gasteiger partial charge >= 0.3 is 5.97 Å². The van der Waals surface area contributed by atoms with Gasteiger partial charge < -0.3 is 15.2 Å². The molecule has 5 heteroatoms. The highest BCUT2D eigenvalue weighted by molar-refractivity contribution is 5.99. The Morgan fingerprint density at radius 2 is 2.05 bits per heavy atom. The first-order valence-electron chi connectivity index (χ1n) is 7.39. The summed E-state index contributed by atoms with van der Waals surface area (Å²) in [5.74, 6) is -0.604. The number of aliphatic hydroxyl groups excluding tert-OH is 1. The van der Waals surface area contributed by atoms with E-state index in [4.69, 9.17) is 4.74 Å². The maximum Gasteiger partial charge on any atom is 0.354 e. The number of nitrogens with one attached hydrogen (secondary N) is 1. The second-order valence-corrected chi connectivity index (χ2v) is 4.94. The number of Topliss-reactive ketones (excluding diaryl/α,β-unsaturated/α-hetero) is 1. The van der Waals surface area contributed by atoms with Crippen LogP contribution in [-0.4, -0.2) is 23.5 Å². The van der Waals surface area contributed by atoms with E-state index < -0.39 is 12.1 Å². The molecule has 1 rings (SSSR count). The summed E-state index contributed by atoms with van der Waals surface area (Å²) in [7, 11) is 0. The molecule has 0 heterocycles. The molecule has 0 aliphatic rings. The molecule has 0 amide bonds. The van der Waals surface area contributed by atoms with Gasteiger partial charge in [0.05, 0.1) is 12.7 Å². The molecule has 0 spiro atoms. The van der Waals surface area contributed by atoms with E-state index in [0.717, 1.165) is 6.42 Å². The van der Waals surface area contributed by atoms with Gasteiger partial charge in [0.1, 0.15) is 5.70 Å². The molecule has 0 radical (unpaired) electrons. The number of aliphatic hydroxyl groups is 1. The number of hydrogen-bond acceptors (Lipinski definition) is 5. The summed E-state index contributed by atoms with van der Waals surface area (Å²) in [4.78, 5) is 23.8. The Hall–Kier alpha value is -2.14. The van der Waals surface area contributed by atoms with Crippen molar-refractivity contribution in [3.05, 3.63) is 41.6 Å². The zero-order valence-electron chi connectivity index (χ0n) is 13.3. The van der Waals surface area contributed by atoms with Gasteiger partial charge in [0.15, 0.2) is 5.78 Å². The van der Waals surface area contributed by atoms with E-state index in [1.54, 1.807) is 32.0 Å². The molecule has 1 aromatic rings. The van der Waals surface area contributed by atoms with Crippen molar-refractivity contribution in [1.82, 2.24) is 0 Å². The van der Waals surface area contributed by atoms with Gasteiger partial charge in [-0.1, -0.05) is 25.6 Å². The first kappa shape index (κ1) is 17.9. The van der Waals surface area contributed by atoms with Crippen LogP contribution in [0, 0.1) is 0 Å². The third-order valence-electron chi connectivity index (χ3n) is 3.11. The van der Waals surface area contributed by atoms with Gasteiger partial charge in [-0.05, 0) is 26.3 Å².